The summed E-state index contributed by atoms with van der Waals surface area (Å²) in [5, 5.41) is 3.42. The predicted octanol–water partition coefficient (Wildman–Crippen LogP) is 3.05. The number of nitrogens with one attached hydrogen (secondary N) is 1. The van der Waals surface area contributed by atoms with Crippen LogP contribution in [0.5, 0.6) is 0 Å². The quantitative estimate of drug-likeness (QED) is 0.365. The van der Waals surface area contributed by atoms with Crippen LogP contribution in [0.4, 0.5) is 0 Å². The molecule has 0 aromatic rings. The molecular formula is C18H39IN4O. The summed E-state index contributed by atoms with van der Waals surface area (Å²) in [5.74, 6) is 0.988. The summed E-state index contributed by atoms with van der Waals surface area (Å²) in [4.78, 5) is 9.68. The maximum absolute atomic E-state index is 5.63. The second-order valence-corrected chi connectivity index (χ2v) is 7.59. The van der Waals surface area contributed by atoms with Crippen molar-refractivity contribution in [1.29, 1.82) is 0 Å². The van der Waals surface area contributed by atoms with Crippen LogP contribution in [0, 0.1) is 5.41 Å². The number of hydrogen-bond donors (Lipinski definition) is 1. The number of guanidine groups is 1. The highest BCUT2D eigenvalue weighted by molar-refractivity contribution is 14.0. The third-order valence-corrected chi connectivity index (χ3v) is 4.74. The van der Waals surface area contributed by atoms with E-state index in [-0.39, 0.29) is 35.5 Å². The van der Waals surface area contributed by atoms with Crippen molar-refractivity contribution in [2.24, 2.45) is 10.4 Å². The molecule has 0 bridgehead atoms. The SMILES string of the molecule is CCNC(=NCC(OC)C(C)(C)C)N(C)CC1CCCN1CC.I. The lowest BCUT2D eigenvalue weighted by molar-refractivity contribution is 0.0239. The van der Waals surface area contributed by atoms with Gasteiger partial charge in [-0.25, -0.2) is 0 Å². The average Bonchev–Trinajstić information content (AvgIpc) is 2.92. The van der Waals surface area contributed by atoms with E-state index in [2.05, 4.69) is 56.8 Å². The lowest BCUT2D eigenvalue weighted by Gasteiger charge is -2.31. The van der Waals surface area contributed by atoms with Crippen LogP contribution in [-0.2, 0) is 4.74 Å². The van der Waals surface area contributed by atoms with Crippen molar-refractivity contribution in [2.75, 3.05) is 46.9 Å². The van der Waals surface area contributed by atoms with Gasteiger partial charge in [0.25, 0.3) is 0 Å². The third-order valence-electron chi connectivity index (χ3n) is 4.74. The zero-order chi connectivity index (χ0) is 17.5. The second kappa shape index (κ2) is 11.5. The normalized spacial score (nSPS) is 20.6. The van der Waals surface area contributed by atoms with Gasteiger partial charge in [0.15, 0.2) is 5.96 Å². The summed E-state index contributed by atoms with van der Waals surface area (Å²) in [6, 6.07) is 0.648. The van der Waals surface area contributed by atoms with Gasteiger partial charge in [-0.1, -0.05) is 27.7 Å². The zero-order valence-electron chi connectivity index (χ0n) is 16.8. The van der Waals surface area contributed by atoms with Gasteiger partial charge in [-0.05, 0) is 38.3 Å². The van der Waals surface area contributed by atoms with Gasteiger partial charge in [0, 0.05) is 33.3 Å². The fourth-order valence-electron chi connectivity index (χ4n) is 3.26. The molecule has 0 saturated carbocycles. The van der Waals surface area contributed by atoms with Gasteiger partial charge < -0.3 is 15.0 Å². The molecule has 2 atom stereocenters. The fourth-order valence-corrected chi connectivity index (χ4v) is 3.26. The maximum atomic E-state index is 5.63. The van der Waals surface area contributed by atoms with E-state index >= 15 is 0 Å². The van der Waals surface area contributed by atoms with E-state index in [4.69, 9.17) is 9.73 Å². The van der Waals surface area contributed by atoms with Crippen LogP contribution in [0.3, 0.4) is 0 Å². The molecule has 1 heterocycles. The number of likely N-dealkylation sites (N-methyl/N-ethyl adjacent to an activating group) is 2. The van der Waals surface area contributed by atoms with E-state index in [9.17, 15) is 0 Å². The first-order valence-electron chi connectivity index (χ1n) is 9.09. The Morgan fingerprint density at radius 3 is 2.54 bits per heavy atom. The Hall–Kier alpha value is -0.0800. The monoisotopic (exact) mass is 454 g/mol. The Balaban J connectivity index is 0.00000529. The molecule has 1 saturated heterocycles. The van der Waals surface area contributed by atoms with E-state index in [1.807, 2.05) is 0 Å². The third kappa shape index (κ3) is 7.44. The maximum Gasteiger partial charge on any atom is 0.193 e. The van der Waals surface area contributed by atoms with E-state index in [1.165, 1.54) is 19.4 Å². The van der Waals surface area contributed by atoms with Gasteiger partial charge in [0.2, 0.25) is 0 Å². The molecule has 1 fully saturated rings. The summed E-state index contributed by atoms with van der Waals surface area (Å²) in [6.07, 6.45) is 2.74. The molecule has 5 nitrogen and oxygen atoms in total. The van der Waals surface area contributed by atoms with E-state index in [0.717, 1.165) is 25.6 Å². The van der Waals surface area contributed by atoms with Crippen LogP contribution in [0.1, 0.15) is 47.5 Å². The smallest absolute Gasteiger partial charge is 0.193 e. The van der Waals surface area contributed by atoms with Gasteiger partial charge in [-0.3, -0.25) is 9.89 Å². The van der Waals surface area contributed by atoms with Crippen molar-refractivity contribution in [3.63, 3.8) is 0 Å². The largest absolute Gasteiger partial charge is 0.379 e. The van der Waals surface area contributed by atoms with Gasteiger partial charge in [-0.15, -0.1) is 24.0 Å². The molecule has 0 aromatic heterocycles. The molecule has 0 spiro atoms. The summed E-state index contributed by atoms with van der Waals surface area (Å²) >= 11 is 0. The first kappa shape index (κ1) is 23.9. The number of rotatable bonds is 7. The lowest BCUT2D eigenvalue weighted by Crippen LogP contribution is -2.46. The van der Waals surface area contributed by atoms with Gasteiger partial charge in [-0.2, -0.15) is 0 Å². The molecular weight excluding hydrogens is 415 g/mol. The number of hydrogen-bond acceptors (Lipinski definition) is 3. The van der Waals surface area contributed by atoms with Crippen molar-refractivity contribution in [1.82, 2.24) is 15.1 Å². The number of aliphatic imine (C=N–C) groups is 1. The highest BCUT2D eigenvalue weighted by atomic mass is 127. The fraction of sp³-hybridized carbons (Fsp3) is 0.944. The lowest BCUT2D eigenvalue weighted by atomic mass is 9.89. The summed E-state index contributed by atoms with van der Waals surface area (Å²) in [5.41, 5.74) is 0.0958. The van der Waals surface area contributed by atoms with Crippen LogP contribution in [-0.4, -0.2) is 74.8 Å². The minimum Gasteiger partial charge on any atom is -0.379 e. The summed E-state index contributed by atoms with van der Waals surface area (Å²) in [6.45, 7) is 16.0. The molecule has 6 heteroatoms. The van der Waals surface area contributed by atoms with Crippen LogP contribution in [0.15, 0.2) is 4.99 Å². The average molecular weight is 454 g/mol. The van der Waals surface area contributed by atoms with Crippen molar-refractivity contribution in [2.45, 2.75) is 59.6 Å². The number of nitrogens with zero attached hydrogens (tertiary/aromatic N) is 3. The van der Waals surface area contributed by atoms with Crippen LogP contribution < -0.4 is 5.32 Å². The molecule has 0 aromatic carbocycles. The molecule has 0 radical (unpaired) electrons. The molecule has 2 unspecified atom stereocenters. The minimum atomic E-state index is 0. The van der Waals surface area contributed by atoms with Crippen LogP contribution >= 0.6 is 24.0 Å². The van der Waals surface area contributed by atoms with Crippen LogP contribution in [0.25, 0.3) is 0 Å². The molecule has 1 aliphatic heterocycles. The number of methoxy groups -OCH3 is 1. The van der Waals surface area contributed by atoms with Gasteiger partial charge in [0.05, 0.1) is 12.6 Å². The topological polar surface area (TPSA) is 40.1 Å². The van der Waals surface area contributed by atoms with Crippen LogP contribution in [0.2, 0.25) is 0 Å². The molecule has 1 rings (SSSR count). The first-order chi connectivity index (χ1) is 10.8. The Bertz CT molecular complexity index is 371. The van der Waals surface area contributed by atoms with E-state index in [0.29, 0.717) is 12.6 Å². The molecule has 0 aliphatic carbocycles. The highest BCUT2D eigenvalue weighted by Crippen LogP contribution is 2.22. The van der Waals surface area contributed by atoms with E-state index in [1.54, 1.807) is 7.11 Å². The van der Waals surface area contributed by atoms with Crippen molar-refractivity contribution < 1.29 is 4.74 Å². The minimum absolute atomic E-state index is 0. The van der Waals surface area contributed by atoms with E-state index < -0.39 is 0 Å². The first-order valence-corrected chi connectivity index (χ1v) is 9.09. The number of likely N-dealkylation sites (tertiary alicyclic amines) is 1. The predicted molar refractivity (Wildman–Crippen MR) is 115 cm³/mol. The molecule has 0 amide bonds. The molecule has 1 N–H and O–H groups in total. The second-order valence-electron chi connectivity index (χ2n) is 7.59. The number of ether oxygens (including phenoxy) is 1. The number of halogens is 1. The molecule has 1 aliphatic rings. The highest BCUT2D eigenvalue weighted by Gasteiger charge is 2.26. The molecule has 24 heavy (non-hydrogen) atoms. The summed E-state index contributed by atoms with van der Waals surface area (Å²) < 4.78 is 5.63. The van der Waals surface area contributed by atoms with Gasteiger partial charge >= 0.3 is 0 Å². The molecule has 144 valence electrons. The Morgan fingerprint density at radius 2 is 2.04 bits per heavy atom. The van der Waals surface area contributed by atoms with Crippen molar-refractivity contribution >= 4 is 29.9 Å². The Labute approximate surface area is 166 Å². The zero-order valence-corrected chi connectivity index (χ0v) is 19.1. The standard InChI is InChI=1S/C18H38N4O.HI/c1-8-19-17(20-13-16(23-7)18(3,4)5)21(6)14-15-11-10-12-22(15)9-2;/h15-16H,8-14H2,1-7H3,(H,19,20);1H. The van der Waals surface area contributed by atoms with Crippen molar-refractivity contribution in [3.05, 3.63) is 0 Å². The summed E-state index contributed by atoms with van der Waals surface area (Å²) in [7, 11) is 3.92. The van der Waals surface area contributed by atoms with Gasteiger partial charge in [0.1, 0.15) is 0 Å². The van der Waals surface area contributed by atoms with Crippen molar-refractivity contribution in [3.8, 4) is 0 Å². The Kier molecular flexibility index (Phi) is 11.5. The Morgan fingerprint density at radius 1 is 1.38 bits per heavy atom.